The van der Waals surface area contributed by atoms with Crippen LogP contribution in [-0.2, 0) is 0 Å². The summed E-state index contributed by atoms with van der Waals surface area (Å²) in [5, 5.41) is 0. The third kappa shape index (κ3) is 1.37. The van der Waals surface area contributed by atoms with Crippen LogP contribution in [0.5, 0.6) is 0 Å². The van der Waals surface area contributed by atoms with Crippen molar-refractivity contribution < 1.29 is 0 Å². The number of hydrogen-bond acceptors (Lipinski definition) is 0. The molecule has 57 valence electrons. The summed E-state index contributed by atoms with van der Waals surface area (Å²) in [5.74, 6) is 0. The second-order valence-electron chi connectivity index (χ2n) is 2.64. The Labute approximate surface area is 72.5 Å². The number of rotatable bonds is 1. The average molecular weight is 153 g/mol. The molecule has 2 aromatic carbocycles. The smallest absolute Gasteiger partial charge is 0.00992 e. The second kappa shape index (κ2) is 3.22. The molecule has 1 radical (unpaired) electrons. The van der Waals surface area contributed by atoms with Crippen molar-refractivity contribution in [1.29, 1.82) is 0 Å². The van der Waals surface area contributed by atoms with Crippen molar-refractivity contribution in [3.8, 4) is 11.1 Å². The zero-order valence-electron chi connectivity index (χ0n) is 6.70. The molecule has 0 unspecified atom stereocenters. The van der Waals surface area contributed by atoms with Gasteiger partial charge in [-0.3, -0.25) is 0 Å². The largest absolute Gasteiger partial charge is 0.0622 e. The molecule has 0 saturated heterocycles. The lowest BCUT2D eigenvalue weighted by Gasteiger charge is -1.97. The minimum Gasteiger partial charge on any atom is -0.0622 e. The first-order valence-electron chi connectivity index (χ1n) is 3.99. The fourth-order valence-corrected chi connectivity index (χ4v) is 1.19. The van der Waals surface area contributed by atoms with Crippen LogP contribution in [0.15, 0.2) is 54.6 Å². The van der Waals surface area contributed by atoms with Crippen LogP contribution in [0.4, 0.5) is 0 Å². The van der Waals surface area contributed by atoms with Gasteiger partial charge in [0.1, 0.15) is 0 Å². The van der Waals surface area contributed by atoms with Crippen molar-refractivity contribution in [2.24, 2.45) is 0 Å². The van der Waals surface area contributed by atoms with Crippen molar-refractivity contribution in [3.05, 3.63) is 60.7 Å². The van der Waals surface area contributed by atoms with Gasteiger partial charge in [0, 0.05) is 0 Å². The maximum atomic E-state index is 3.18. The van der Waals surface area contributed by atoms with Crippen LogP contribution in [0.2, 0.25) is 0 Å². The molecule has 2 aromatic rings. The van der Waals surface area contributed by atoms with Crippen LogP contribution >= 0.6 is 0 Å². The van der Waals surface area contributed by atoms with E-state index in [-0.39, 0.29) is 0 Å². The van der Waals surface area contributed by atoms with Crippen LogP contribution < -0.4 is 0 Å². The Kier molecular flexibility index (Phi) is 1.91. The first-order valence-corrected chi connectivity index (χ1v) is 3.99. The SMILES string of the molecule is [c]1ccccc1-c1ccccc1. The number of benzene rings is 2. The maximum absolute atomic E-state index is 3.18. The van der Waals surface area contributed by atoms with E-state index >= 15 is 0 Å². The van der Waals surface area contributed by atoms with Crippen LogP contribution in [0.1, 0.15) is 0 Å². The van der Waals surface area contributed by atoms with Gasteiger partial charge in [-0.2, -0.15) is 0 Å². The number of hydrogen-bond donors (Lipinski definition) is 0. The van der Waals surface area contributed by atoms with Gasteiger partial charge in [0.2, 0.25) is 0 Å². The van der Waals surface area contributed by atoms with Gasteiger partial charge in [-0.25, -0.2) is 0 Å². The highest BCUT2D eigenvalue weighted by atomic mass is 14.0. The molecule has 0 fully saturated rings. The lowest BCUT2D eigenvalue weighted by molar-refractivity contribution is 1.61. The first-order chi connectivity index (χ1) is 5.97. The fourth-order valence-electron chi connectivity index (χ4n) is 1.19. The Bertz CT molecular complexity index is 297. The fraction of sp³-hybridized carbons (Fsp3) is 0. The van der Waals surface area contributed by atoms with Gasteiger partial charge in [0.05, 0.1) is 0 Å². The standard InChI is InChI=1S/C12H9/c1-3-7-11(8-4-1)12-9-5-2-6-10-12/h1-9H. The summed E-state index contributed by atoms with van der Waals surface area (Å²) < 4.78 is 0. The zero-order chi connectivity index (χ0) is 8.23. The molecule has 0 heterocycles. The van der Waals surface area contributed by atoms with Crippen molar-refractivity contribution in [1.82, 2.24) is 0 Å². The Hall–Kier alpha value is -1.56. The highest BCUT2D eigenvalue weighted by Gasteiger charge is 1.92. The summed E-state index contributed by atoms with van der Waals surface area (Å²) in [6.45, 7) is 0. The minimum atomic E-state index is 1.15. The molecule has 0 bridgehead atoms. The van der Waals surface area contributed by atoms with Gasteiger partial charge < -0.3 is 0 Å². The Balaban J connectivity index is 2.46. The van der Waals surface area contributed by atoms with E-state index in [1.54, 1.807) is 0 Å². The zero-order valence-corrected chi connectivity index (χ0v) is 6.70. The molecule has 0 aliphatic heterocycles. The predicted octanol–water partition coefficient (Wildman–Crippen LogP) is 3.15. The van der Waals surface area contributed by atoms with Crippen molar-refractivity contribution in [2.75, 3.05) is 0 Å². The van der Waals surface area contributed by atoms with E-state index in [0.29, 0.717) is 0 Å². The van der Waals surface area contributed by atoms with E-state index in [2.05, 4.69) is 24.3 Å². The molecule has 0 saturated carbocycles. The van der Waals surface area contributed by atoms with E-state index < -0.39 is 0 Å². The van der Waals surface area contributed by atoms with Gasteiger partial charge in [-0.15, -0.1) is 0 Å². The Morgan fingerprint density at radius 2 is 1.50 bits per heavy atom. The van der Waals surface area contributed by atoms with Gasteiger partial charge in [0.25, 0.3) is 0 Å². The van der Waals surface area contributed by atoms with Crippen molar-refractivity contribution in [2.45, 2.75) is 0 Å². The molecule has 0 heteroatoms. The topological polar surface area (TPSA) is 0 Å². The Morgan fingerprint density at radius 1 is 0.750 bits per heavy atom. The lowest BCUT2D eigenvalue weighted by atomic mass is 10.1. The summed E-state index contributed by atoms with van der Waals surface area (Å²) in [6.07, 6.45) is 0. The van der Waals surface area contributed by atoms with Gasteiger partial charge in [-0.05, 0) is 17.2 Å². The van der Waals surface area contributed by atoms with Crippen molar-refractivity contribution in [3.63, 3.8) is 0 Å². The summed E-state index contributed by atoms with van der Waals surface area (Å²) >= 11 is 0. The second-order valence-corrected chi connectivity index (χ2v) is 2.64. The summed E-state index contributed by atoms with van der Waals surface area (Å²) in [4.78, 5) is 0. The highest BCUT2D eigenvalue weighted by molar-refractivity contribution is 5.62. The van der Waals surface area contributed by atoms with E-state index in [9.17, 15) is 0 Å². The predicted molar refractivity (Wildman–Crippen MR) is 50.7 cm³/mol. The first kappa shape index (κ1) is 7.11. The lowest BCUT2D eigenvalue weighted by Crippen LogP contribution is -1.74. The summed E-state index contributed by atoms with van der Waals surface area (Å²) in [5.41, 5.74) is 2.37. The van der Waals surface area contributed by atoms with E-state index in [1.807, 2.05) is 36.4 Å². The molecule has 0 N–H and O–H groups in total. The third-order valence-electron chi connectivity index (χ3n) is 1.79. The molecule has 0 nitrogen and oxygen atoms in total. The maximum Gasteiger partial charge on any atom is -0.00992 e. The van der Waals surface area contributed by atoms with Crippen LogP contribution in [-0.4, -0.2) is 0 Å². The molecule has 0 amide bonds. The van der Waals surface area contributed by atoms with Gasteiger partial charge in [-0.1, -0.05) is 54.6 Å². The van der Waals surface area contributed by atoms with E-state index in [4.69, 9.17) is 0 Å². The van der Waals surface area contributed by atoms with Crippen molar-refractivity contribution >= 4 is 0 Å². The van der Waals surface area contributed by atoms with Gasteiger partial charge >= 0.3 is 0 Å². The van der Waals surface area contributed by atoms with E-state index in [1.165, 1.54) is 5.56 Å². The normalized spacial score (nSPS) is 9.67. The molecule has 12 heavy (non-hydrogen) atoms. The molecule has 0 aromatic heterocycles. The highest BCUT2D eigenvalue weighted by Crippen LogP contribution is 2.16. The molecular weight excluding hydrogens is 144 g/mol. The summed E-state index contributed by atoms with van der Waals surface area (Å²) in [6, 6.07) is 21.5. The molecule has 0 spiro atoms. The average Bonchev–Trinajstić information content (AvgIpc) is 2.21. The summed E-state index contributed by atoms with van der Waals surface area (Å²) in [7, 11) is 0. The molecule has 0 aliphatic rings. The van der Waals surface area contributed by atoms with Crippen LogP contribution in [0, 0.1) is 6.07 Å². The molecule has 0 aliphatic carbocycles. The van der Waals surface area contributed by atoms with E-state index in [0.717, 1.165) is 5.56 Å². The molecular formula is C12H9. The minimum absolute atomic E-state index is 1.15. The van der Waals surface area contributed by atoms with Crippen LogP contribution in [0.25, 0.3) is 11.1 Å². The Morgan fingerprint density at radius 3 is 2.17 bits per heavy atom. The quantitative estimate of drug-likeness (QED) is 0.590. The third-order valence-corrected chi connectivity index (χ3v) is 1.79. The molecule has 0 atom stereocenters. The molecule has 2 rings (SSSR count). The monoisotopic (exact) mass is 153 g/mol. The van der Waals surface area contributed by atoms with Crippen LogP contribution in [0.3, 0.4) is 0 Å². The van der Waals surface area contributed by atoms with Gasteiger partial charge in [0.15, 0.2) is 0 Å².